The Kier molecular flexibility index (Phi) is 8.76. The third-order valence-corrected chi connectivity index (χ3v) is 10.5. The van der Waals surface area contributed by atoms with Gasteiger partial charge in [0.25, 0.3) is 0 Å². The van der Waals surface area contributed by atoms with E-state index in [1.165, 1.54) is 22.3 Å². The van der Waals surface area contributed by atoms with Crippen LogP contribution in [0.5, 0.6) is 5.75 Å². The molecule has 7 rings (SSSR count). The molecule has 9 nitrogen and oxygen atoms in total. The van der Waals surface area contributed by atoms with Gasteiger partial charge in [-0.15, -0.1) is 0 Å². The second-order valence-electron chi connectivity index (χ2n) is 13.3. The number of methoxy groups -OCH3 is 1. The number of fused-ring (bicyclic) bond motifs is 2. The first kappa shape index (κ1) is 31.1. The number of nitrogens with zero attached hydrogens (tertiary/aromatic N) is 3. The molecule has 9 heteroatoms. The molecule has 244 valence electrons. The number of pyridine rings is 1. The van der Waals surface area contributed by atoms with Crippen LogP contribution >= 0.6 is 0 Å². The van der Waals surface area contributed by atoms with E-state index in [9.17, 15) is 9.90 Å². The van der Waals surface area contributed by atoms with Crippen LogP contribution in [0.3, 0.4) is 0 Å². The van der Waals surface area contributed by atoms with Gasteiger partial charge in [0.05, 0.1) is 49.7 Å². The minimum Gasteiger partial charge on any atom is -0.488 e. The molecule has 4 heterocycles. The second-order valence-corrected chi connectivity index (χ2v) is 13.3. The number of carboxylic acid groups (broad SMARTS) is 1. The van der Waals surface area contributed by atoms with Gasteiger partial charge in [-0.25, -0.2) is 4.98 Å². The van der Waals surface area contributed by atoms with Crippen molar-refractivity contribution >= 4 is 11.8 Å². The molecule has 1 N–H and O–H groups in total. The number of carboxylic acids is 1. The maximum absolute atomic E-state index is 12.3. The average molecular weight is 628 g/mol. The van der Waals surface area contributed by atoms with Crippen LogP contribution in [-0.4, -0.2) is 86.3 Å². The molecule has 0 radical (unpaired) electrons. The normalized spacial score (nSPS) is 25.6. The third-order valence-electron chi connectivity index (χ3n) is 10.5. The molecule has 0 amide bonds. The molecule has 1 unspecified atom stereocenters. The number of aryl methyl sites for hydroxylation is 2. The van der Waals surface area contributed by atoms with Crippen LogP contribution in [0.15, 0.2) is 48.5 Å². The number of hydrogen-bond acceptors (Lipinski definition) is 8. The van der Waals surface area contributed by atoms with Crippen LogP contribution < -0.4 is 9.64 Å². The Morgan fingerprint density at radius 3 is 2.83 bits per heavy atom. The highest BCUT2D eigenvalue weighted by Gasteiger charge is 2.71. The van der Waals surface area contributed by atoms with E-state index >= 15 is 0 Å². The van der Waals surface area contributed by atoms with Gasteiger partial charge in [0.15, 0.2) is 0 Å². The summed E-state index contributed by atoms with van der Waals surface area (Å²) in [5.74, 6) is 0.992. The lowest BCUT2D eigenvalue weighted by Crippen LogP contribution is -2.43. The van der Waals surface area contributed by atoms with Crippen molar-refractivity contribution in [1.82, 2.24) is 9.88 Å². The lowest BCUT2D eigenvalue weighted by Gasteiger charge is -2.34. The van der Waals surface area contributed by atoms with E-state index in [0.29, 0.717) is 46.0 Å². The van der Waals surface area contributed by atoms with Crippen molar-refractivity contribution in [2.75, 3.05) is 58.1 Å². The standard InChI is InChI=1S/C37H45N3O6/c1-4-26-15-25(16-27-11-12-39(20-31(26)27)19-29-22-44-13-14-45-29)21-46-35-24(2)7-5-8-30(35)32-9-6-10-34(38-32)40-18-28-17-37(28,36(41)42)33(40)23-43-3/h5-10,15-16,28-29,33H,4,11-14,17-23H2,1-3H3,(H,41,42)/t28-,29?,33+,37+/m0/s1. The smallest absolute Gasteiger partial charge is 0.312 e. The Balaban J connectivity index is 1.09. The fraction of sp³-hybridized carbons (Fsp3) is 0.514. The number of anilines is 1. The van der Waals surface area contributed by atoms with E-state index in [1.54, 1.807) is 7.11 Å². The van der Waals surface area contributed by atoms with Crippen molar-refractivity contribution in [2.45, 2.75) is 58.4 Å². The molecule has 4 aliphatic rings. The SMILES string of the molecule is CCc1cc(COc2c(C)cccc2-c2cccc(N3C[C@@H]4C[C@]4(C(=O)O)[C@H]3COC)n2)cc2c1CN(CC1COCCO1)CC2. The molecule has 1 saturated carbocycles. The van der Waals surface area contributed by atoms with Crippen molar-refractivity contribution in [3.63, 3.8) is 0 Å². The van der Waals surface area contributed by atoms with Crippen LogP contribution in [0.25, 0.3) is 11.3 Å². The highest BCUT2D eigenvalue weighted by Crippen LogP contribution is 2.62. The van der Waals surface area contributed by atoms with Crippen molar-refractivity contribution in [2.24, 2.45) is 11.3 Å². The van der Waals surface area contributed by atoms with Crippen molar-refractivity contribution < 1.29 is 28.8 Å². The summed E-state index contributed by atoms with van der Waals surface area (Å²) in [4.78, 5) is 22.0. The van der Waals surface area contributed by atoms with Crippen molar-refractivity contribution in [1.29, 1.82) is 0 Å². The maximum Gasteiger partial charge on any atom is 0.312 e. The summed E-state index contributed by atoms with van der Waals surface area (Å²) < 4.78 is 23.7. The molecule has 0 spiro atoms. The number of hydrogen-bond donors (Lipinski definition) is 1. The summed E-state index contributed by atoms with van der Waals surface area (Å²) in [6.07, 6.45) is 2.85. The monoisotopic (exact) mass is 627 g/mol. The Bertz CT molecular complexity index is 1570. The minimum atomic E-state index is -0.742. The Morgan fingerprint density at radius 2 is 2.04 bits per heavy atom. The number of benzene rings is 2. The molecule has 46 heavy (non-hydrogen) atoms. The number of ether oxygens (including phenoxy) is 4. The maximum atomic E-state index is 12.3. The van der Waals surface area contributed by atoms with E-state index in [-0.39, 0.29) is 18.1 Å². The molecule has 3 aromatic rings. The van der Waals surface area contributed by atoms with Gasteiger partial charge in [-0.2, -0.15) is 0 Å². The van der Waals surface area contributed by atoms with Gasteiger partial charge in [0, 0.05) is 38.9 Å². The summed E-state index contributed by atoms with van der Waals surface area (Å²) >= 11 is 0. The molecule has 4 atom stereocenters. The summed E-state index contributed by atoms with van der Waals surface area (Å²) in [5.41, 5.74) is 7.48. The molecule has 1 aromatic heterocycles. The van der Waals surface area contributed by atoms with E-state index in [2.05, 4.69) is 47.9 Å². The quantitative estimate of drug-likeness (QED) is 0.319. The highest BCUT2D eigenvalue weighted by atomic mass is 16.6. The van der Waals surface area contributed by atoms with Gasteiger partial charge >= 0.3 is 5.97 Å². The van der Waals surface area contributed by atoms with Gasteiger partial charge in [-0.1, -0.05) is 37.3 Å². The predicted octanol–water partition coefficient (Wildman–Crippen LogP) is 4.90. The fourth-order valence-corrected chi connectivity index (χ4v) is 7.98. The Hall–Kier alpha value is -3.50. The molecular weight excluding hydrogens is 582 g/mol. The summed E-state index contributed by atoms with van der Waals surface area (Å²) in [5, 5.41) is 10.1. The van der Waals surface area contributed by atoms with Crippen LogP contribution in [0.4, 0.5) is 5.82 Å². The zero-order valence-electron chi connectivity index (χ0n) is 27.2. The van der Waals surface area contributed by atoms with Crippen LogP contribution in [-0.2, 0) is 45.0 Å². The van der Waals surface area contributed by atoms with Gasteiger partial charge in [0.1, 0.15) is 18.2 Å². The van der Waals surface area contributed by atoms with Crippen molar-refractivity contribution in [3.05, 3.63) is 76.3 Å². The number of piperidine rings is 1. The molecular formula is C37H45N3O6. The molecule has 0 bridgehead atoms. The summed E-state index contributed by atoms with van der Waals surface area (Å²) in [7, 11) is 1.63. The van der Waals surface area contributed by atoms with Crippen LogP contribution in [0.1, 0.15) is 41.2 Å². The van der Waals surface area contributed by atoms with E-state index in [0.717, 1.165) is 60.9 Å². The first-order valence-electron chi connectivity index (χ1n) is 16.6. The summed E-state index contributed by atoms with van der Waals surface area (Å²) in [6, 6.07) is 16.5. The van der Waals surface area contributed by atoms with E-state index < -0.39 is 11.4 Å². The molecule has 1 aliphatic carbocycles. The zero-order valence-corrected chi connectivity index (χ0v) is 27.2. The third kappa shape index (κ3) is 5.79. The van der Waals surface area contributed by atoms with E-state index in [4.69, 9.17) is 23.9 Å². The zero-order chi connectivity index (χ0) is 31.8. The van der Waals surface area contributed by atoms with Gasteiger partial charge in [-0.3, -0.25) is 9.69 Å². The molecule has 2 aromatic carbocycles. The number of para-hydroxylation sites is 1. The number of rotatable bonds is 11. The first-order valence-corrected chi connectivity index (χ1v) is 16.6. The molecule has 3 fully saturated rings. The van der Waals surface area contributed by atoms with E-state index in [1.807, 2.05) is 24.3 Å². The van der Waals surface area contributed by atoms with Crippen molar-refractivity contribution in [3.8, 4) is 17.0 Å². The average Bonchev–Trinajstić information content (AvgIpc) is 3.72. The molecule has 2 saturated heterocycles. The highest BCUT2D eigenvalue weighted by molar-refractivity contribution is 5.82. The number of aromatic nitrogens is 1. The Labute approximate surface area is 271 Å². The van der Waals surface area contributed by atoms with Gasteiger partial charge in [0.2, 0.25) is 0 Å². The van der Waals surface area contributed by atoms with Crippen LogP contribution in [0, 0.1) is 18.3 Å². The van der Waals surface area contributed by atoms with Gasteiger partial charge in [-0.05, 0) is 78.1 Å². The first-order chi connectivity index (χ1) is 22.4. The number of carbonyl (C=O) groups is 1. The topological polar surface area (TPSA) is 93.6 Å². The Morgan fingerprint density at radius 1 is 1.17 bits per heavy atom. The lowest BCUT2D eigenvalue weighted by atomic mass is 9.91. The van der Waals surface area contributed by atoms with Crippen LogP contribution in [0.2, 0.25) is 0 Å². The fourth-order valence-electron chi connectivity index (χ4n) is 7.98. The summed E-state index contributed by atoms with van der Waals surface area (Å²) in [6.45, 7) is 10.7. The van der Waals surface area contributed by atoms with Gasteiger partial charge < -0.3 is 29.0 Å². The second kappa shape index (κ2) is 13.0. The molecule has 3 aliphatic heterocycles. The lowest BCUT2D eigenvalue weighted by molar-refractivity contribution is -0.144. The predicted molar refractivity (Wildman–Crippen MR) is 175 cm³/mol. The largest absolute Gasteiger partial charge is 0.488 e. The number of aliphatic carboxylic acids is 1. The minimum absolute atomic E-state index is 0.127.